The first-order chi connectivity index (χ1) is 31.0. The average Bonchev–Trinajstić information content (AvgIpc) is 3.53. The number of nitrogens with one attached hydrogen (secondary N) is 8. The van der Waals surface area contributed by atoms with Gasteiger partial charge in [0.2, 0.25) is 53.2 Å². The quantitative estimate of drug-likeness (QED) is 0.0358. The zero-order chi connectivity index (χ0) is 48.6. The molecule has 1 aromatic rings. The molecule has 1 aromatic carbocycles. The van der Waals surface area contributed by atoms with E-state index in [1.54, 1.807) is 44.2 Å². The van der Waals surface area contributed by atoms with Crippen molar-refractivity contribution in [2.45, 2.75) is 134 Å². The Morgan fingerprint density at radius 1 is 0.677 bits per heavy atom. The third kappa shape index (κ3) is 18.0. The van der Waals surface area contributed by atoms with Crippen LogP contribution in [0, 0.1) is 0 Å². The number of hydrogen-bond acceptors (Lipinski definition) is 14. The number of rotatable bonds is 29. The van der Waals surface area contributed by atoms with Crippen LogP contribution in [-0.4, -0.2) is 157 Å². The third-order valence-corrected chi connectivity index (χ3v) is 10.5. The number of likely N-dealkylation sites (tertiary alicyclic amines) is 1. The van der Waals surface area contributed by atoms with Crippen molar-refractivity contribution in [2.24, 2.45) is 22.9 Å². The van der Waals surface area contributed by atoms with Crippen LogP contribution in [0.5, 0.6) is 0 Å². The van der Waals surface area contributed by atoms with Crippen molar-refractivity contribution in [3.8, 4) is 0 Å². The van der Waals surface area contributed by atoms with E-state index < -0.39 is 108 Å². The van der Waals surface area contributed by atoms with Crippen LogP contribution in [-0.2, 0) is 49.6 Å². The van der Waals surface area contributed by atoms with Crippen LogP contribution in [0.1, 0.15) is 78.2 Å². The van der Waals surface area contributed by atoms with Crippen molar-refractivity contribution >= 4 is 53.2 Å². The number of likely N-dealkylation sites (N-methyl/N-ethyl adjacent to an activating group) is 1. The highest BCUT2D eigenvalue weighted by Crippen LogP contribution is 2.24. The SMILES string of the molecule is CCCC(=O)N[C@@H](CCN)C(=O)NCC(=O)N[C@@H](CCN)C(=O)N[C@H](Cc1ccccc1)C(=O)N[C@H]1CC(C)N([C@@H](CCN)C(=O)N[C@@H](CCN)C(=O)N[C@H](C(=O)NCC)[C@@H](C)O)C1=O. The summed E-state index contributed by atoms with van der Waals surface area (Å²) in [6.07, 6.45) is -0.458. The van der Waals surface area contributed by atoms with Gasteiger partial charge in [-0.1, -0.05) is 37.3 Å². The van der Waals surface area contributed by atoms with Gasteiger partial charge in [0.1, 0.15) is 42.3 Å². The van der Waals surface area contributed by atoms with Gasteiger partial charge >= 0.3 is 0 Å². The highest BCUT2D eigenvalue weighted by molar-refractivity contribution is 5.98. The summed E-state index contributed by atoms with van der Waals surface area (Å²) in [5.74, 6) is -6.02. The Balaban J connectivity index is 2.25. The molecule has 0 spiro atoms. The van der Waals surface area contributed by atoms with Crippen molar-refractivity contribution in [1.82, 2.24) is 47.4 Å². The summed E-state index contributed by atoms with van der Waals surface area (Å²) in [6, 6.07) is -0.284. The number of nitrogens with zero attached hydrogens (tertiary/aromatic N) is 1. The van der Waals surface area contributed by atoms with Crippen molar-refractivity contribution in [3.05, 3.63) is 35.9 Å². The van der Waals surface area contributed by atoms with E-state index in [0.717, 1.165) is 0 Å². The number of aliphatic hydroxyl groups is 1. The minimum absolute atomic E-state index is 0.0246. The van der Waals surface area contributed by atoms with Crippen molar-refractivity contribution in [1.29, 1.82) is 0 Å². The monoisotopic (exact) mass is 918 g/mol. The average molecular weight is 918 g/mol. The molecule has 1 aliphatic heterocycles. The molecule has 0 saturated carbocycles. The molecular weight excluding hydrogens is 847 g/mol. The third-order valence-electron chi connectivity index (χ3n) is 10.5. The summed E-state index contributed by atoms with van der Waals surface area (Å²) >= 11 is 0. The Morgan fingerprint density at radius 3 is 1.77 bits per heavy atom. The van der Waals surface area contributed by atoms with Gasteiger partial charge in [-0.05, 0) is 91.0 Å². The maximum Gasteiger partial charge on any atom is 0.246 e. The lowest BCUT2D eigenvalue weighted by Crippen LogP contribution is -2.60. The first kappa shape index (κ1) is 55.4. The fourth-order valence-electron chi connectivity index (χ4n) is 7.24. The molecule has 65 heavy (non-hydrogen) atoms. The van der Waals surface area contributed by atoms with E-state index in [-0.39, 0.29) is 83.6 Å². The van der Waals surface area contributed by atoms with Crippen LogP contribution >= 0.6 is 0 Å². The molecule has 9 amide bonds. The lowest BCUT2D eigenvalue weighted by molar-refractivity contribution is -0.142. The Hall–Kier alpha value is -5.75. The normalized spacial score (nSPS) is 17.8. The number of amides is 9. The van der Waals surface area contributed by atoms with Crippen molar-refractivity contribution < 1.29 is 48.3 Å². The molecule has 0 aromatic heterocycles. The van der Waals surface area contributed by atoms with E-state index in [9.17, 15) is 48.3 Å². The van der Waals surface area contributed by atoms with E-state index in [4.69, 9.17) is 22.9 Å². The summed E-state index contributed by atoms with van der Waals surface area (Å²) in [5.41, 5.74) is 23.7. The largest absolute Gasteiger partial charge is 0.391 e. The maximum atomic E-state index is 14.1. The van der Waals surface area contributed by atoms with Crippen LogP contribution in [0.3, 0.4) is 0 Å². The smallest absolute Gasteiger partial charge is 0.246 e. The topological polar surface area (TPSA) is 377 Å². The summed E-state index contributed by atoms with van der Waals surface area (Å²) < 4.78 is 0. The molecule has 1 aliphatic rings. The second kappa shape index (κ2) is 28.9. The predicted molar refractivity (Wildman–Crippen MR) is 239 cm³/mol. The number of carbonyl (C=O) groups excluding carboxylic acids is 9. The molecule has 2 rings (SSSR count). The Bertz CT molecular complexity index is 1750. The molecule has 1 unspecified atom stereocenters. The molecule has 23 nitrogen and oxygen atoms in total. The van der Waals surface area contributed by atoms with Gasteiger partial charge in [0.05, 0.1) is 12.6 Å². The number of hydrogen-bond donors (Lipinski definition) is 13. The first-order valence-electron chi connectivity index (χ1n) is 22.2. The van der Waals surface area contributed by atoms with Gasteiger partial charge in [-0.3, -0.25) is 43.2 Å². The van der Waals surface area contributed by atoms with Crippen molar-refractivity contribution in [3.63, 3.8) is 0 Å². The van der Waals surface area contributed by atoms with Crippen LogP contribution in [0.25, 0.3) is 0 Å². The van der Waals surface area contributed by atoms with E-state index in [1.807, 2.05) is 6.92 Å². The van der Waals surface area contributed by atoms with E-state index in [1.165, 1.54) is 11.8 Å². The van der Waals surface area contributed by atoms with Crippen LogP contribution in [0.4, 0.5) is 0 Å². The second-order valence-electron chi connectivity index (χ2n) is 15.9. The molecule has 0 bridgehead atoms. The number of carbonyl (C=O) groups is 9. The summed E-state index contributed by atoms with van der Waals surface area (Å²) in [7, 11) is 0. The lowest BCUT2D eigenvalue weighted by Gasteiger charge is -2.32. The number of nitrogens with two attached hydrogens (primary N) is 4. The Kier molecular flexibility index (Phi) is 24.6. The molecule has 0 radical (unpaired) electrons. The lowest BCUT2D eigenvalue weighted by atomic mass is 10.0. The van der Waals surface area contributed by atoms with Crippen LogP contribution in [0.15, 0.2) is 30.3 Å². The molecule has 1 heterocycles. The Morgan fingerprint density at radius 2 is 1.22 bits per heavy atom. The highest BCUT2D eigenvalue weighted by Gasteiger charge is 2.45. The van der Waals surface area contributed by atoms with E-state index >= 15 is 0 Å². The molecule has 364 valence electrons. The minimum atomic E-state index is -1.32. The maximum absolute atomic E-state index is 14.1. The van der Waals surface area contributed by atoms with Gasteiger partial charge in [0.25, 0.3) is 0 Å². The molecule has 17 N–H and O–H groups in total. The van der Waals surface area contributed by atoms with E-state index in [2.05, 4.69) is 42.5 Å². The Labute approximate surface area is 379 Å². The molecule has 23 heteroatoms. The van der Waals surface area contributed by atoms with Crippen LogP contribution < -0.4 is 65.5 Å². The van der Waals surface area contributed by atoms with Crippen molar-refractivity contribution in [2.75, 3.05) is 39.3 Å². The predicted octanol–water partition coefficient (Wildman–Crippen LogP) is -5.04. The fourth-order valence-corrected chi connectivity index (χ4v) is 7.24. The molecular formula is C42H71N13O10. The van der Waals surface area contributed by atoms with Gasteiger partial charge in [-0.15, -0.1) is 0 Å². The molecule has 1 saturated heterocycles. The van der Waals surface area contributed by atoms with Gasteiger partial charge in [0.15, 0.2) is 0 Å². The fraction of sp³-hybridized carbons (Fsp3) is 0.643. The van der Waals surface area contributed by atoms with Gasteiger partial charge in [-0.2, -0.15) is 0 Å². The standard InChI is InChI=1S/C42H71N13O10/c1-5-10-33(57)49-27(13-17-43)36(59)48-23-34(58)50-28(14-18-44)37(60)52-30(22-26-11-8-7-9-12-26)39(62)53-31-21-24(3)55(42(31)65)32(16-20-46)40(63)51-29(15-19-45)38(61)54-35(25(4)56)41(64)47-6-2/h7-9,11-12,24-25,27-32,35,56H,5-6,10,13-23,43-46H2,1-4H3,(H,47,64)(H,48,59)(H,49,57)(H,50,58)(H,51,63)(H,52,60)(H,53,62)(H,54,61)/t24?,25-,27+,28+,29+,30-,31+,32+,35+/m1/s1. The first-order valence-corrected chi connectivity index (χ1v) is 22.2. The zero-order valence-electron chi connectivity index (χ0n) is 37.9. The zero-order valence-corrected chi connectivity index (χ0v) is 37.9. The summed E-state index contributed by atoms with van der Waals surface area (Å²) in [4.78, 5) is 121. The molecule has 0 aliphatic carbocycles. The molecule has 1 fully saturated rings. The highest BCUT2D eigenvalue weighted by atomic mass is 16.3. The van der Waals surface area contributed by atoms with Gasteiger partial charge < -0.3 is 75.5 Å². The van der Waals surface area contributed by atoms with Gasteiger partial charge in [-0.25, -0.2) is 0 Å². The minimum Gasteiger partial charge on any atom is -0.391 e. The summed E-state index contributed by atoms with van der Waals surface area (Å²) in [5, 5.41) is 30.7. The summed E-state index contributed by atoms with van der Waals surface area (Å²) in [6.45, 7) is 6.16. The number of benzene rings is 1. The molecule has 9 atom stereocenters. The second-order valence-corrected chi connectivity index (χ2v) is 15.9. The van der Waals surface area contributed by atoms with E-state index in [0.29, 0.717) is 12.0 Å². The van der Waals surface area contributed by atoms with Gasteiger partial charge in [0, 0.05) is 25.4 Å². The van der Waals surface area contributed by atoms with Crippen LogP contribution in [0.2, 0.25) is 0 Å². The number of aliphatic hydroxyl groups excluding tert-OH is 1.